The standard InChI is InChI=1S/C45H56ClNO6/c1-28(2)7-6-8-29(3)37-17-18-38-36-16-12-32-25-35(21-23-44(32,4)39(36)22-24-45(37,38)5)52-42(49)20-19-41(48)51-33-13-9-30(10-14-33)43(50)53-34-15-11-31(27-47)40(46)26-34/h9-15,26,28-29,35-39H,6-8,16-25H2,1-5H3/t29?,35-,36?,37+,38?,39?,44-,45+/m0/s1. The summed E-state index contributed by atoms with van der Waals surface area (Å²) in [4.78, 5) is 38.0. The lowest BCUT2D eigenvalue weighted by atomic mass is 9.47. The molecule has 0 spiro atoms. The van der Waals surface area contributed by atoms with Crippen LogP contribution in [-0.2, 0) is 14.3 Å². The molecule has 8 heteroatoms. The quantitative estimate of drug-likeness (QED) is 0.121. The third kappa shape index (κ3) is 8.54. The summed E-state index contributed by atoms with van der Waals surface area (Å²) in [6, 6.07) is 12.3. The van der Waals surface area contributed by atoms with Crippen LogP contribution in [0.25, 0.3) is 0 Å². The minimum atomic E-state index is -0.625. The number of rotatable bonds is 12. The van der Waals surface area contributed by atoms with Gasteiger partial charge in [-0.2, -0.15) is 5.26 Å². The number of carbonyl (C=O) groups excluding carboxylic acids is 3. The molecule has 0 aliphatic heterocycles. The number of carbonyl (C=O) groups is 3. The summed E-state index contributed by atoms with van der Waals surface area (Å²) in [5.74, 6) is 3.65. The molecule has 4 aliphatic carbocycles. The first-order valence-electron chi connectivity index (χ1n) is 19.9. The molecule has 8 atom stereocenters. The van der Waals surface area contributed by atoms with E-state index in [0.717, 1.165) is 55.3 Å². The van der Waals surface area contributed by atoms with Gasteiger partial charge in [0.15, 0.2) is 0 Å². The van der Waals surface area contributed by atoms with E-state index in [0.29, 0.717) is 11.3 Å². The van der Waals surface area contributed by atoms with Crippen LogP contribution in [0.1, 0.15) is 134 Å². The highest BCUT2D eigenvalue weighted by atomic mass is 35.5. The summed E-state index contributed by atoms with van der Waals surface area (Å²) < 4.78 is 16.7. The van der Waals surface area contributed by atoms with Gasteiger partial charge in [0, 0.05) is 12.5 Å². The number of allylic oxidation sites excluding steroid dienone is 1. The Labute approximate surface area is 320 Å². The number of benzene rings is 2. The Morgan fingerprint density at radius 3 is 2.34 bits per heavy atom. The average Bonchev–Trinajstić information content (AvgIpc) is 3.48. The maximum absolute atomic E-state index is 12.9. The molecule has 3 saturated carbocycles. The SMILES string of the molecule is CC(C)CCCC(C)[C@H]1CCC2C3CC=C4C[C@@H](OC(=O)CCC(=O)Oc5ccc(C(=O)Oc6ccc(C#N)c(Cl)c6)cc5)CC[C@]4(C)C3CC[C@@]21C. The highest BCUT2D eigenvalue weighted by molar-refractivity contribution is 6.31. The van der Waals surface area contributed by atoms with Crippen molar-refractivity contribution in [3.8, 4) is 17.6 Å². The van der Waals surface area contributed by atoms with Crippen LogP contribution in [0, 0.1) is 57.7 Å². The molecule has 2 aromatic rings. The molecular formula is C45H56ClNO6. The first-order valence-corrected chi connectivity index (χ1v) is 20.3. The molecular weight excluding hydrogens is 686 g/mol. The van der Waals surface area contributed by atoms with Gasteiger partial charge in [0.1, 0.15) is 23.7 Å². The molecule has 284 valence electrons. The summed E-state index contributed by atoms with van der Waals surface area (Å²) in [7, 11) is 0. The fourth-order valence-corrected chi connectivity index (χ4v) is 11.1. The molecule has 2 aromatic carbocycles. The van der Waals surface area contributed by atoms with Gasteiger partial charge in [-0.05, 0) is 128 Å². The van der Waals surface area contributed by atoms with Crippen molar-refractivity contribution in [1.82, 2.24) is 0 Å². The normalized spacial score (nSPS) is 29.5. The van der Waals surface area contributed by atoms with Crippen LogP contribution in [0.2, 0.25) is 5.02 Å². The Kier molecular flexibility index (Phi) is 12.1. The Bertz CT molecular complexity index is 1740. The molecule has 53 heavy (non-hydrogen) atoms. The molecule has 0 aromatic heterocycles. The maximum Gasteiger partial charge on any atom is 0.343 e. The van der Waals surface area contributed by atoms with Crippen molar-refractivity contribution in [3.05, 3.63) is 70.3 Å². The van der Waals surface area contributed by atoms with E-state index in [2.05, 4.69) is 40.7 Å². The zero-order chi connectivity index (χ0) is 37.9. The number of nitrogens with zero attached hydrogens (tertiary/aromatic N) is 1. The fraction of sp³-hybridized carbons (Fsp3) is 0.600. The van der Waals surface area contributed by atoms with Crippen molar-refractivity contribution in [3.63, 3.8) is 0 Å². The molecule has 4 unspecified atom stereocenters. The molecule has 7 nitrogen and oxygen atoms in total. The van der Waals surface area contributed by atoms with Gasteiger partial charge in [-0.1, -0.05) is 77.1 Å². The number of fused-ring (bicyclic) bond motifs is 5. The maximum atomic E-state index is 12.9. The van der Waals surface area contributed by atoms with E-state index in [1.165, 1.54) is 93.0 Å². The van der Waals surface area contributed by atoms with Crippen LogP contribution in [0.15, 0.2) is 54.1 Å². The first-order chi connectivity index (χ1) is 25.3. The fourth-order valence-electron chi connectivity index (χ4n) is 10.9. The summed E-state index contributed by atoms with van der Waals surface area (Å²) in [6.07, 6.45) is 15.6. The van der Waals surface area contributed by atoms with Crippen molar-refractivity contribution >= 4 is 29.5 Å². The summed E-state index contributed by atoms with van der Waals surface area (Å²) in [5, 5.41) is 9.20. The van der Waals surface area contributed by atoms with Crippen molar-refractivity contribution in [2.24, 2.45) is 46.3 Å². The number of esters is 3. The van der Waals surface area contributed by atoms with Gasteiger partial charge in [0.2, 0.25) is 0 Å². The van der Waals surface area contributed by atoms with Crippen LogP contribution in [0.3, 0.4) is 0 Å². The molecule has 0 bridgehead atoms. The molecule has 0 saturated heterocycles. The lowest BCUT2D eigenvalue weighted by Gasteiger charge is -2.58. The minimum Gasteiger partial charge on any atom is -0.462 e. The van der Waals surface area contributed by atoms with Crippen molar-refractivity contribution < 1.29 is 28.6 Å². The summed E-state index contributed by atoms with van der Waals surface area (Å²) >= 11 is 6.02. The van der Waals surface area contributed by atoms with Crippen molar-refractivity contribution in [1.29, 1.82) is 5.26 Å². The summed E-state index contributed by atoms with van der Waals surface area (Å²) in [6.45, 7) is 12.4. The third-order valence-corrected chi connectivity index (χ3v) is 14.0. The minimum absolute atomic E-state index is 0.0504. The van der Waals surface area contributed by atoms with Gasteiger partial charge < -0.3 is 14.2 Å². The van der Waals surface area contributed by atoms with E-state index in [-0.39, 0.29) is 58.0 Å². The molecule has 0 amide bonds. The Hall–Kier alpha value is -3.63. The highest BCUT2D eigenvalue weighted by Gasteiger charge is 2.59. The highest BCUT2D eigenvalue weighted by Crippen LogP contribution is 2.67. The van der Waals surface area contributed by atoms with E-state index >= 15 is 0 Å². The zero-order valence-electron chi connectivity index (χ0n) is 32.1. The second-order valence-corrected chi connectivity index (χ2v) is 17.7. The second-order valence-electron chi connectivity index (χ2n) is 17.3. The zero-order valence-corrected chi connectivity index (χ0v) is 32.9. The molecule has 4 aliphatic rings. The van der Waals surface area contributed by atoms with E-state index in [4.69, 9.17) is 31.1 Å². The van der Waals surface area contributed by atoms with Crippen LogP contribution < -0.4 is 9.47 Å². The Morgan fingerprint density at radius 1 is 0.887 bits per heavy atom. The first kappa shape index (κ1) is 39.1. The number of halogens is 1. The number of hydrogen-bond acceptors (Lipinski definition) is 7. The van der Waals surface area contributed by atoms with Gasteiger partial charge in [-0.3, -0.25) is 9.59 Å². The molecule has 0 radical (unpaired) electrons. The molecule has 0 N–H and O–H groups in total. The predicted octanol–water partition coefficient (Wildman–Crippen LogP) is 11.1. The molecule has 3 fully saturated rings. The van der Waals surface area contributed by atoms with Crippen molar-refractivity contribution in [2.45, 2.75) is 124 Å². The summed E-state index contributed by atoms with van der Waals surface area (Å²) in [5.41, 5.74) is 2.66. The van der Waals surface area contributed by atoms with Gasteiger partial charge in [-0.25, -0.2) is 4.79 Å². The largest absolute Gasteiger partial charge is 0.462 e. The average molecular weight is 742 g/mol. The Balaban J connectivity index is 0.956. The number of nitriles is 1. The van der Waals surface area contributed by atoms with Gasteiger partial charge in [0.25, 0.3) is 0 Å². The number of ether oxygens (including phenoxy) is 3. The molecule has 0 heterocycles. The lowest BCUT2D eigenvalue weighted by Crippen LogP contribution is -2.51. The van der Waals surface area contributed by atoms with E-state index in [1.54, 1.807) is 0 Å². The van der Waals surface area contributed by atoms with Crippen LogP contribution >= 0.6 is 11.6 Å². The number of hydrogen-bond donors (Lipinski definition) is 0. The predicted molar refractivity (Wildman–Crippen MR) is 205 cm³/mol. The van der Waals surface area contributed by atoms with Gasteiger partial charge >= 0.3 is 17.9 Å². The van der Waals surface area contributed by atoms with Crippen LogP contribution in [-0.4, -0.2) is 24.0 Å². The topological polar surface area (TPSA) is 103 Å². The lowest BCUT2D eigenvalue weighted by molar-refractivity contribution is -0.153. The van der Waals surface area contributed by atoms with Crippen molar-refractivity contribution in [2.75, 3.05) is 0 Å². The monoisotopic (exact) mass is 741 g/mol. The van der Waals surface area contributed by atoms with Gasteiger partial charge in [0.05, 0.1) is 29.0 Å². The third-order valence-electron chi connectivity index (χ3n) is 13.7. The van der Waals surface area contributed by atoms with Gasteiger partial charge in [-0.15, -0.1) is 0 Å². The van der Waals surface area contributed by atoms with E-state index in [1.807, 2.05) is 6.07 Å². The molecule has 6 rings (SSSR count). The smallest absolute Gasteiger partial charge is 0.343 e. The van der Waals surface area contributed by atoms with E-state index < -0.39 is 11.9 Å². The Morgan fingerprint density at radius 2 is 1.62 bits per heavy atom. The van der Waals surface area contributed by atoms with Crippen LogP contribution in [0.5, 0.6) is 11.5 Å². The van der Waals surface area contributed by atoms with Crippen LogP contribution in [0.4, 0.5) is 0 Å². The second kappa shape index (κ2) is 16.4. The van der Waals surface area contributed by atoms with E-state index in [9.17, 15) is 14.4 Å².